The summed E-state index contributed by atoms with van der Waals surface area (Å²) in [5.41, 5.74) is 2.00. The Morgan fingerprint density at radius 3 is 2.32 bits per heavy atom. The normalized spacial score (nSPS) is 13.4. The Kier molecular flexibility index (Phi) is 3.92. The molecule has 0 radical (unpaired) electrons. The number of alkyl halides is 3. The lowest BCUT2D eigenvalue weighted by molar-refractivity contribution is -0.151. The first-order chi connectivity index (χ1) is 10.6. The highest BCUT2D eigenvalue weighted by Crippen LogP contribution is 2.41. The molecule has 114 valence electrons. The van der Waals surface area contributed by atoms with Crippen LogP contribution in [0.1, 0.15) is 23.5 Å². The van der Waals surface area contributed by atoms with E-state index in [1.807, 2.05) is 36.4 Å². The van der Waals surface area contributed by atoms with Gasteiger partial charge in [0, 0.05) is 17.1 Å². The molecule has 22 heavy (non-hydrogen) atoms. The molecule has 2 aromatic carbocycles. The van der Waals surface area contributed by atoms with E-state index in [2.05, 4.69) is 4.98 Å². The van der Waals surface area contributed by atoms with Crippen molar-refractivity contribution in [3.63, 3.8) is 0 Å². The Morgan fingerprint density at radius 2 is 1.59 bits per heavy atom. The molecule has 0 saturated heterocycles. The monoisotopic (exact) mass is 303 g/mol. The number of hydrogen-bond acceptors (Lipinski definition) is 0. The summed E-state index contributed by atoms with van der Waals surface area (Å²) >= 11 is 0. The summed E-state index contributed by atoms with van der Waals surface area (Å²) in [5.74, 6) is -1.45. The van der Waals surface area contributed by atoms with E-state index in [0.29, 0.717) is 17.4 Å². The fourth-order valence-electron chi connectivity index (χ4n) is 2.83. The Balaban J connectivity index is 1.90. The van der Waals surface area contributed by atoms with Gasteiger partial charge in [0.1, 0.15) is 0 Å². The topological polar surface area (TPSA) is 15.8 Å². The fraction of sp³-hybridized carbons (Fsp3) is 0.222. The number of aromatic amines is 1. The van der Waals surface area contributed by atoms with Crippen molar-refractivity contribution >= 4 is 10.9 Å². The number of aryl methyl sites for hydroxylation is 1. The van der Waals surface area contributed by atoms with E-state index in [4.69, 9.17) is 0 Å². The molecule has 1 atom stereocenters. The van der Waals surface area contributed by atoms with Crippen LogP contribution in [0.4, 0.5) is 13.2 Å². The summed E-state index contributed by atoms with van der Waals surface area (Å²) in [6.07, 6.45) is -2.30. The van der Waals surface area contributed by atoms with Gasteiger partial charge in [0.05, 0.1) is 5.92 Å². The lowest BCUT2D eigenvalue weighted by atomic mass is 9.91. The van der Waals surface area contributed by atoms with Gasteiger partial charge in [0.25, 0.3) is 0 Å². The molecule has 0 aliphatic rings. The number of rotatable bonds is 4. The molecule has 0 aliphatic carbocycles. The molecule has 0 bridgehead atoms. The van der Waals surface area contributed by atoms with Gasteiger partial charge in [-0.3, -0.25) is 0 Å². The maximum atomic E-state index is 13.5. The number of hydrogen-bond donors (Lipinski definition) is 1. The Bertz CT molecular complexity index is 744. The average Bonchev–Trinajstić information content (AvgIpc) is 2.91. The third-order valence-corrected chi connectivity index (χ3v) is 3.96. The van der Waals surface area contributed by atoms with Crippen LogP contribution >= 0.6 is 0 Å². The van der Waals surface area contributed by atoms with Crippen molar-refractivity contribution in [3.05, 3.63) is 71.9 Å². The zero-order valence-corrected chi connectivity index (χ0v) is 11.9. The molecule has 0 amide bonds. The van der Waals surface area contributed by atoms with Gasteiger partial charge in [-0.05, 0) is 30.0 Å². The van der Waals surface area contributed by atoms with E-state index in [-0.39, 0.29) is 6.42 Å². The minimum absolute atomic E-state index is 0.0510. The quantitative estimate of drug-likeness (QED) is 0.660. The van der Waals surface area contributed by atoms with Crippen molar-refractivity contribution in [2.45, 2.75) is 24.9 Å². The van der Waals surface area contributed by atoms with Crippen LogP contribution in [0, 0.1) is 0 Å². The first-order valence-corrected chi connectivity index (χ1v) is 7.22. The molecule has 3 rings (SSSR count). The van der Waals surface area contributed by atoms with Crippen LogP contribution in [-0.4, -0.2) is 11.2 Å². The highest BCUT2D eigenvalue weighted by atomic mass is 19.4. The van der Waals surface area contributed by atoms with E-state index in [0.717, 1.165) is 11.1 Å². The first kappa shape index (κ1) is 14.7. The number of aromatic nitrogens is 1. The fourth-order valence-corrected chi connectivity index (χ4v) is 2.83. The van der Waals surface area contributed by atoms with E-state index in [9.17, 15) is 13.2 Å². The highest BCUT2D eigenvalue weighted by Gasteiger charge is 2.41. The van der Waals surface area contributed by atoms with Crippen molar-refractivity contribution in [2.24, 2.45) is 0 Å². The summed E-state index contributed by atoms with van der Waals surface area (Å²) in [7, 11) is 0. The summed E-state index contributed by atoms with van der Waals surface area (Å²) in [4.78, 5) is 2.94. The predicted octanol–water partition coefficient (Wildman–Crippen LogP) is 5.45. The summed E-state index contributed by atoms with van der Waals surface area (Å²) in [6, 6.07) is 16.4. The number of benzene rings is 2. The maximum Gasteiger partial charge on any atom is 0.395 e. The smallest absolute Gasteiger partial charge is 0.361 e. The van der Waals surface area contributed by atoms with Gasteiger partial charge in [-0.2, -0.15) is 13.2 Å². The lowest BCUT2D eigenvalue weighted by Gasteiger charge is -2.20. The summed E-state index contributed by atoms with van der Waals surface area (Å²) in [5, 5.41) is 0.651. The molecule has 1 heterocycles. The third kappa shape index (κ3) is 3.01. The molecule has 0 aliphatic heterocycles. The van der Waals surface area contributed by atoms with Crippen molar-refractivity contribution in [1.82, 2.24) is 4.98 Å². The van der Waals surface area contributed by atoms with Crippen molar-refractivity contribution in [2.75, 3.05) is 0 Å². The zero-order chi connectivity index (χ0) is 15.6. The lowest BCUT2D eigenvalue weighted by Crippen LogP contribution is -2.21. The molecule has 1 aromatic heterocycles. The Hall–Kier alpha value is -2.23. The van der Waals surface area contributed by atoms with Crippen LogP contribution < -0.4 is 0 Å². The van der Waals surface area contributed by atoms with Crippen LogP contribution in [-0.2, 0) is 6.42 Å². The number of para-hydroxylation sites is 1. The Labute approximate surface area is 126 Å². The second-order valence-corrected chi connectivity index (χ2v) is 5.41. The SMILES string of the molecule is FC(F)(F)[C@H](CCc1ccccc1)c1c[nH]c2ccccc12. The van der Waals surface area contributed by atoms with Crippen LogP contribution in [0.3, 0.4) is 0 Å². The van der Waals surface area contributed by atoms with E-state index in [1.54, 1.807) is 18.2 Å². The van der Waals surface area contributed by atoms with E-state index < -0.39 is 12.1 Å². The Morgan fingerprint density at radius 1 is 0.909 bits per heavy atom. The predicted molar refractivity (Wildman–Crippen MR) is 81.9 cm³/mol. The molecular weight excluding hydrogens is 287 g/mol. The van der Waals surface area contributed by atoms with Crippen molar-refractivity contribution < 1.29 is 13.2 Å². The van der Waals surface area contributed by atoms with Crippen LogP contribution in [0.25, 0.3) is 10.9 Å². The van der Waals surface area contributed by atoms with Gasteiger partial charge in [0.15, 0.2) is 0 Å². The molecule has 0 spiro atoms. The summed E-state index contributed by atoms with van der Waals surface area (Å²) < 4.78 is 40.5. The van der Waals surface area contributed by atoms with Gasteiger partial charge in [-0.1, -0.05) is 48.5 Å². The van der Waals surface area contributed by atoms with E-state index >= 15 is 0 Å². The van der Waals surface area contributed by atoms with Gasteiger partial charge < -0.3 is 4.98 Å². The van der Waals surface area contributed by atoms with Crippen molar-refractivity contribution in [1.29, 1.82) is 0 Å². The van der Waals surface area contributed by atoms with Gasteiger partial charge >= 0.3 is 6.18 Å². The average molecular weight is 303 g/mol. The third-order valence-electron chi connectivity index (χ3n) is 3.96. The second-order valence-electron chi connectivity index (χ2n) is 5.41. The van der Waals surface area contributed by atoms with Gasteiger partial charge in [-0.25, -0.2) is 0 Å². The molecule has 0 fully saturated rings. The molecule has 0 saturated carbocycles. The largest absolute Gasteiger partial charge is 0.395 e. The number of H-pyrrole nitrogens is 1. The number of fused-ring (bicyclic) bond motifs is 1. The first-order valence-electron chi connectivity index (χ1n) is 7.22. The second kappa shape index (κ2) is 5.87. The standard InChI is InChI=1S/C18H16F3N/c19-18(20,21)16(11-10-13-6-2-1-3-7-13)15-12-22-17-9-5-4-8-14(15)17/h1-9,12,16,22H,10-11H2/t16-/m1/s1. The van der Waals surface area contributed by atoms with Gasteiger partial charge in [0.2, 0.25) is 0 Å². The van der Waals surface area contributed by atoms with Gasteiger partial charge in [-0.15, -0.1) is 0 Å². The molecule has 3 aromatic rings. The number of nitrogens with one attached hydrogen (secondary N) is 1. The van der Waals surface area contributed by atoms with Crippen LogP contribution in [0.5, 0.6) is 0 Å². The highest BCUT2D eigenvalue weighted by molar-refractivity contribution is 5.83. The van der Waals surface area contributed by atoms with E-state index in [1.165, 1.54) is 6.20 Å². The minimum atomic E-state index is -4.25. The maximum absolute atomic E-state index is 13.5. The zero-order valence-electron chi connectivity index (χ0n) is 11.9. The molecule has 1 nitrogen and oxygen atoms in total. The molecule has 1 N–H and O–H groups in total. The molecule has 4 heteroatoms. The molecule has 0 unspecified atom stereocenters. The number of halogens is 3. The summed E-state index contributed by atoms with van der Waals surface area (Å²) in [6.45, 7) is 0. The minimum Gasteiger partial charge on any atom is -0.361 e. The van der Waals surface area contributed by atoms with Crippen LogP contribution in [0.2, 0.25) is 0 Å². The molecular formula is C18H16F3N. The van der Waals surface area contributed by atoms with Crippen molar-refractivity contribution in [3.8, 4) is 0 Å². The van der Waals surface area contributed by atoms with Crippen LogP contribution in [0.15, 0.2) is 60.8 Å².